The quantitative estimate of drug-likeness (QED) is 0.791. The van der Waals surface area contributed by atoms with Gasteiger partial charge in [-0.2, -0.15) is 0 Å². The average molecular weight is 267 g/mol. The van der Waals surface area contributed by atoms with Gasteiger partial charge in [-0.1, -0.05) is 24.3 Å². The van der Waals surface area contributed by atoms with E-state index in [-0.39, 0.29) is 11.8 Å². The van der Waals surface area contributed by atoms with Gasteiger partial charge >= 0.3 is 0 Å². The molecule has 5 heteroatoms. The van der Waals surface area contributed by atoms with E-state index in [1.165, 1.54) is 5.41 Å². The predicted molar refractivity (Wildman–Crippen MR) is 71.3 cm³/mol. The lowest BCUT2D eigenvalue weighted by Gasteiger charge is -2.10. The van der Waals surface area contributed by atoms with Gasteiger partial charge < -0.3 is 10.1 Å². The van der Waals surface area contributed by atoms with Gasteiger partial charge in [0.1, 0.15) is 5.75 Å². The van der Waals surface area contributed by atoms with E-state index in [1.54, 1.807) is 6.08 Å². The second-order valence-electron chi connectivity index (χ2n) is 4.23. The average Bonchev–Trinajstić information content (AvgIpc) is 2.70. The summed E-state index contributed by atoms with van der Waals surface area (Å²) in [5, 5.41) is 4.46. The monoisotopic (exact) mass is 267 g/mol. The largest absolute Gasteiger partial charge is 0.494 e. The van der Waals surface area contributed by atoms with E-state index in [0.717, 1.165) is 18.7 Å². The Labute approximate surface area is 108 Å². The molecular weight excluding hydrogens is 250 g/mol. The fraction of sp³-hybridized carbons (Fsp3) is 0.385. The third-order valence-electron chi connectivity index (χ3n) is 2.67. The fourth-order valence-electron chi connectivity index (χ4n) is 1.77. The molecule has 1 aromatic carbocycles. The number of nitrogens with one attached hydrogen (secondary N) is 1. The highest BCUT2D eigenvalue weighted by atomic mass is 32.2. The van der Waals surface area contributed by atoms with Crippen LogP contribution in [0.2, 0.25) is 0 Å². The molecular formula is C13H17NO3S. The molecule has 0 aromatic heterocycles. The van der Waals surface area contributed by atoms with Gasteiger partial charge in [0.15, 0.2) is 9.84 Å². The summed E-state index contributed by atoms with van der Waals surface area (Å²) in [5.41, 5.74) is 0. The zero-order chi connectivity index (χ0) is 12.8. The van der Waals surface area contributed by atoms with Crippen LogP contribution in [0.25, 0.3) is 0 Å². The maximum Gasteiger partial charge on any atom is 0.173 e. The van der Waals surface area contributed by atoms with Gasteiger partial charge in [-0.3, -0.25) is 0 Å². The number of hydrogen-bond donors (Lipinski definition) is 1. The topological polar surface area (TPSA) is 55.4 Å². The van der Waals surface area contributed by atoms with Crippen molar-refractivity contribution in [3.8, 4) is 5.75 Å². The normalized spacial score (nSPS) is 21.0. The van der Waals surface area contributed by atoms with Crippen molar-refractivity contribution in [2.75, 3.05) is 18.9 Å². The van der Waals surface area contributed by atoms with Crippen LogP contribution in [0, 0.1) is 0 Å². The maximum atomic E-state index is 11.2. The van der Waals surface area contributed by atoms with Crippen molar-refractivity contribution in [2.24, 2.45) is 0 Å². The van der Waals surface area contributed by atoms with Crippen LogP contribution in [0.4, 0.5) is 0 Å². The number of hydrogen-bond acceptors (Lipinski definition) is 4. The third kappa shape index (κ3) is 4.16. The molecule has 1 heterocycles. The summed E-state index contributed by atoms with van der Waals surface area (Å²) in [5.74, 6) is 1.04. The summed E-state index contributed by atoms with van der Waals surface area (Å²) in [7, 11) is -2.96. The second-order valence-corrected chi connectivity index (χ2v) is 6.16. The molecule has 0 fully saturated rings. The molecule has 1 aliphatic rings. The molecule has 4 nitrogen and oxygen atoms in total. The molecule has 0 saturated heterocycles. The molecule has 0 spiro atoms. The van der Waals surface area contributed by atoms with Gasteiger partial charge in [0, 0.05) is 11.4 Å². The zero-order valence-corrected chi connectivity index (χ0v) is 10.9. The predicted octanol–water partition coefficient (Wildman–Crippen LogP) is 1.36. The summed E-state index contributed by atoms with van der Waals surface area (Å²) < 4.78 is 27.9. The van der Waals surface area contributed by atoms with Crippen molar-refractivity contribution >= 4 is 9.84 Å². The van der Waals surface area contributed by atoms with Crippen LogP contribution in [-0.4, -0.2) is 33.4 Å². The van der Waals surface area contributed by atoms with Crippen LogP contribution >= 0.6 is 0 Å². The Hall–Kier alpha value is -1.33. The second kappa shape index (κ2) is 6.02. The lowest BCUT2D eigenvalue weighted by molar-refractivity contribution is 0.307. The Morgan fingerprint density at radius 2 is 2.06 bits per heavy atom. The molecule has 0 bridgehead atoms. The van der Waals surface area contributed by atoms with Gasteiger partial charge in [-0.05, 0) is 25.1 Å². The molecule has 98 valence electrons. The Morgan fingerprint density at radius 3 is 2.72 bits per heavy atom. The Kier molecular flexibility index (Phi) is 4.38. The van der Waals surface area contributed by atoms with E-state index in [4.69, 9.17) is 4.74 Å². The molecule has 1 aliphatic heterocycles. The highest BCUT2D eigenvalue weighted by Gasteiger charge is 2.20. The summed E-state index contributed by atoms with van der Waals surface area (Å²) in [6.45, 7) is 1.37. The Balaban J connectivity index is 1.59. The van der Waals surface area contributed by atoms with E-state index in [0.29, 0.717) is 6.61 Å². The van der Waals surface area contributed by atoms with Crippen LogP contribution in [-0.2, 0) is 9.84 Å². The number of rotatable bonds is 6. The van der Waals surface area contributed by atoms with E-state index in [1.807, 2.05) is 30.3 Å². The number of benzene rings is 1. The van der Waals surface area contributed by atoms with Gasteiger partial charge in [-0.15, -0.1) is 0 Å². The molecule has 0 amide bonds. The maximum absolute atomic E-state index is 11.2. The van der Waals surface area contributed by atoms with E-state index in [9.17, 15) is 8.42 Å². The molecule has 0 saturated carbocycles. The minimum absolute atomic E-state index is 0.0493. The summed E-state index contributed by atoms with van der Waals surface area (Å²) in [4.78, 5) is 0. The van der Waals surface area contributed by atoms with E-state index >= 15 is 0 Å². The van der Waals surface area contributed by atoms with Crippen molar-refractivity contribution in [1.29, 1.82) is 0 Å². The molecule has 18 heavy (non-hydrogen) atoms. The van der Waals surface area contributed by atoms with Crippen LogP contribution in [0.3, 0.4) is 0 Å². The third-order valence-corrected chi connectivity index (χ3v) is 4.07. The first-order valence-electron chi connectivity index (χ1n) is 5.98. The van der Waals surface area contributed by atoms with Gasteiger partial charge in [-0.25, -0.2) is 8.42 Å². The number of para-hydroxylation sites is 1. The van der Waals surface area contributed by atoms with Crippen LogP contribution < -0.4 is 10.1 Å². The van der Waals surface area contributed by atoms with Crippen LogP contribution in [0.5, 0.6) is 5.75 Å². The first kappa shape index (κ1) is 13.1. The molecule has 0 radical (unpaired) electrons. The van der Waals surface area contributed by atoms with Crippen LogP contribution in [0.1, 0.15) is 6.42 Å². The summed E-state index contributed by atoms with van der Waals surface area (Å²) >= 11 is 0. The lowest BCUT2D eigenvalue weighted by atomic mass is 10.3. The first-order valence-corrected chi connectivity index (χ1v) is 7.69. The standard InChI is InChI=1S/C13H17NO3S/c15-18(16)10-7-12(11-18)14-8-4-9-17-13-5-2-1-3-6-13/h1-3,5-7,10,12,14H,4,8-9,11H2. The molecule has 1 atom stereocenters. The van der Waals surface area contributed by atoms with Crippen molar-refractivity contribution in [3.05, 3.63) is 41.8 Å². The molecule has 0 aliphatic carbocycles. The smallest absolute Gasteiger partial charge is 0.173 e. The lowest BCUT2D eigenvalue weighted by Crippen LogP contribution is -2.31. The van der Waals surface area contributed by atoms with Crippen molar-refractivity contribution in [2.45, 2.75) is 12.5 Å². The van der Waals surface area contributed by atoms with Gasteiger partial charge in [0.25, 0.3) is 0 Å². The highest BCUT2D eigenvalue weighted by Crippen LogP contribution is 2.09. The minimum atomic E-state index is -2.96. The summed E-state index contributed by atoms with van der Waals surface area (Å²) in [6, 6.07) is 9.59. The number of sulfone groups is 1. The summed E-state index contributed by atoms with van der Waals surface area (Å²) in [6.07, 6.45) is 2.55. The van der Waals surface area contributed by atoms with Crippen molar-refractivity contribution < 1.29 is 13.2 Å². The Bertz CT molecular complexity index is 496. The minimum Gasteiger partial charge on any atom is -0.494 e. The fourth-order valence-corrected chi connectivity index (χ4v) is 3.04. The Morgan fingerprint density at radius 1 is 1.28 bits per heavy atom. The highest BCUT2D eigenvalue weighted by molar-refractivity contribution is 7.94. The van der Waals surface area contributed by atoms with Crippen molar-refractivity contribution in [1.82, 2.24) is 5.32 Å². The molecule has 1 unspecified atom stereocenters. The first-order chi connectivity index (χ1) is 8.66. The van der Waals surface area contributed by atoms with Gasteiger partial charge in [0.05, 0.1) is 12.4 Å². The van der Waals surface area contributed by atoms with Gasteiger partial charge in [0.2, 0.25) is 0 Å². The zero-order valence-electron chi connectivity index (χ0n) is 10.1. The molecule has 2 rings (SSSR count). The SMILES string of the molecule is O=S1(=O)C=CC(NCCCOc2ccccc2)C1. The van der Waals surface area contributed by atoms with E-state index in [2.05, 4.69) is 5.32 Å². The number of ether oxygens (including phenoxy) is 1. The molecule has 1 aromatic rings. The molecule has 1 N–H and O–H groups in total. The van der Waals surface area contributed by atoms with Crippen molar-refractivity contribution in [3.63, 3.8) is 0 Å². The van der Waals surface area contributed by atoms with E-state index < -0.39 is 9.84 Å². The van der Waals surface area contributed by atoms with Crippen LogP contribution in [0.15, 0.2) is 41.8 Å².